The van der Waals surface area contributed by atoms with E-state index in [1.54, 1.807) is 17.8 Å². The van der Waals surface area contributed by atoms with Crippen LogP contribution in [-0.2, 0) is 4.79 Å². The minimum Gasteiger partial charge on any atom is -0.324 e. The molecule has 1 N–H and O–H groups in total. The summed E-state index contributed by atoms with van der Waals surface area (Å²) in [6, 6.07) is 4.63. The zero-order chi connectivity index (χ0) is 11.9. The summed E-state index contributed by atoms with van der Waals surface area (Å²) < 4.78 is 12.8. The second kappa shape index (κ2) is 4.02. The normalized spacial score (nSPS) is 22.1. The molecule has 1 aliphatic heterocycles. The first-order valence-corrected chi connectivity index (χ1v) is 6.81. The molecule has 4 heteroatoms. The lowest BCUT2D eigenvalue weighted by Gasteiger charge is -2.38. The summed E-state index contributed by atoms with van der Waals surface area (Å²) in [5, 5.41) is 2.86. The number of fused-ring (bicyclic) bond motifs is 1. The van der Waals surface area contributed by atoms with Gasteiger partial charge in [-0.2, -0.15) is 0 Å². The first-order valence-electron chi connectivity index (χ1n) is 6.00. The molecule has 0 radical (unpaired) electrons. The molecule has 0 unspecified atom stereocenters. The van der Waals surface area contributed by atoms with E-state index in [1.165, 1.54) is 18.6 Å². The van der Waals surface area contributed by atoms with Gasteiger partial charge in [0, 0.05) is 4.90 Å². The maximum absolute atomic E-state index is 13.1. The number of anilines is 1. The van der Waals surface area contributed by atoms with Gasteiger partial charge in [0.2, 0.25) is 5.91 Å². The Kier molecular flexibility index (Phi) is 2.62. The predicted molar refractivity (Wildman–Crippen MR) is 66.7 cm³/mol. The lowest BCUT2D eigenvalue weighted by Crippen LogP contribution is -2.44. The molecule has 17 heavy (non-hydrogen) atoms. The first-order chi connectivity index (χ1) is 8.20. The van der Waals surface area contributed by atoms with E-state index in [4.69, 9.17) is 0 Å². The molecule has 1 fully saturated rings. The largest absolute Gasteiger partial charge is 0.324 e. The maximum Gasteiger partial charge on any atom is 0.241 e. The minimum atomic E-state index is -0.303. The van der Waals surface area contributed by atoms with Crippen LogP contribution in [0.5, 0.6) is 0 Å². The van der Waals surface area contributed by atoms with E-state index < -0.39 is 0 Å². The predicted octanol–water partition coefficient (Wildman–Crippen LogP) is 3.57. The van der Waals surface area contributed by atoms with Crippen LogP contribution < -0.4 is 5.32 Å². The number of benzene rings is 1. The molecular weight excluding hydrogens is 237 g/mol. The minimum absolute atomic E-state index is 0.0558. The van der Waals surface area contributed by atoms with Gasteiger partial charge >= 0.3 is 0 Å². The quantitative estimate of drug-likeness (QED) is 0.763. The fourth-order valence-corrected chi connectivity index (χ4v) is 4.05. The third kappa shape index (κ3) is 1.84. The smallest absolute Gasteiger partial charge is 0.241 e. The number of amides is 1. The molecule has 1 amide bonds. The molecular formula is C13H14FNOS. The van der Waals surface area contributed by atoms with E-state index in [0.29, 0.717) is 5.69 Å². The molecule has 2 aliphatic rings. The molecule has 1 aromatic carbocycles. The van der Waals surface area contributed by atoms with Crippen LogP contribution in [-0.4, -0.2) is 10.7 Å². The highest BCUT2D eigenvalue weighted by Crippen LogP contribution is 2.49. The Bertz CT molecular complexity index is 468. The summed E-state index contributed by atoms with van der Waals surface area (Å²) in [5.41, 5.74) is 0.621. The summed E-state index contributed by atoms with van der Waals surface area (Å²) >= 11 is 1.62. The Morgan fingerprint density at radius 1 is 1.24 bits per heavy atom. The van der Waals surface area contributed by atoms with Gasteiger partial charge in [-0.3, -0.25) is 4.79 Å². The lowest BCUT2D eigenvalue weighted by atomic mass is 9.87. The Labute approximate surface area is 104 Å². The number of thioether (sulfide) groups is 1. The molecule has 1 aromatic rings. The van der Waals surface area contributed by atoms with Crippen LogP contribution in [0, 0.1) is 5.82 Å². The van der Waals surface area contributed by atoms with Gasteiger partial charge in [0.05, 0.1) is 10.4 Å². The van der Waals surface area contributed by atoms with Crippen LogP contribution in [0.25, 0.3) is 0 Å². The van der Waals surface area contributed by atoms with Gasteiger partial charge < -0.3 is 5.32 Å². The average Bonchev–Trinajstić information content (AvgIpc) is 2.33. The lowest BCUT2D eigenvalue weighted by molar-refractivity contribution is -0.119. The van der Waals surface area contributed by atoms with Crippen LogP contribution in [0.4, 0.5) is 10.1 Å². The molecule has 90 valence electrons. The zero-order valence-electron chi connectivity index (χ0n) is 9.46. The number of hydrogen-bond acceptors (Lipinski definition) is 2. The summed E-state index contributed by atoms with van der Waals surface area (Å²) in [6.07, 6.45) is 5.29. The zero-order valence-corrected chi connectivity index (χ0v) is 10.3. The molecule has 0 atom stereocenters. The van der Waals surface area contributed by atoms with Gasteiger partial charge in [-0.1, -0.05) is 19.3 Å². The van der Waals surface area contributed by atoms with Gasteiger partial charge in [-0.25, -0.2) is 4.39 Å². The fraction of sp³-hybridized carbons (Fsp3) is 0.462. The average molecular weight is 251 g/mol. The second-order valence-electron chi connectivity index (χ2n) is 4.75. The van der Waals surface area contributed by atoms with Crippen LogP contribution in [0.2, 0.25) is 0 Å². The fourth-order valence-electron chi connectivity index (χ4n) is 2.63. The van der Waals surface area contributed by atoms with Crippen molar-refractivity contribution in [2.75, 3.05) is 5.32 Å². The van der Waals surface area contributed by atoms with Crippen molar-refractivity contribution >= 4 is 23.4 Å². The number of carbonyl (C=O) groups excluding carboxylic acids is 1. The number of halogens is 1. The molecule has 3 rings (SSSR count). The van der Waals surface area contributed by atoms with Crippen LogP contribution in [0.3, 0.4) is 0 Å². The number of hydrogen-bond donors (Lipinski definition) is 1. The number of nitrogens with one attached hydrogen (secondary N) is 1. The van der Waals surface area contributed by atoms with Crippen LogP contribution in [0.15, 0.2) is 23.1 Å². The van der Waals surface area contributed by atoms with Crippen molar-refractivity contribution in [2.45, 2.75) is 41.7 Å². The van der Waals surface area contributed by atoms with E-state index in [2.05, 4.69) is 5.32 Å². The van der Waals surface area contributed by atoms with Crippen molar-refractivity contribution in [1.82, 2.24) is 0 Å². The van der Waals surface area contributed by atoms with Crippen LogP contribution >= 0.6 is 11.8 Å². The monoisotopic (exact) mass is 251 g/mol. The van der Waals surface area contributed by atoms with Crippen molar-refractivity contribution in [3.05, 3.63) is 24.0 Å². The van der Waals surface area contributed by atoms with E-state index in [0.717, 1.165) is 30.6 Å². The van der Waals surface area contributed by atoms with E-state index in [-0.39, 0.29) is 16.5 Å². The van der Waals surface area contributed by atoms with Crippen molar-refractivity contribution in [3.8, 4) is 0 Å². The van der Waals surface area contributed by atoms with E-state index in [1.807, 2.05) is 0 Å². The maximum atomic E-state index is 13.1. The van der Waals surface area contributed by atoms with E-state index in [9.17, 15) is 9.18 Å². The Morgan fingerprint density at radius 2 is 2.00 bits per heavy atom. The van der Waals surface area contributed by atoms with Crippen molar-refractivity contribution in [3.63, 3.8) is 0 Å². The SMILES string of the molecule is O=C1Nc2cc(F)ccc2SC12CCCCC2. The molecule has 1 saturated carbocycles. The highest BCUT2D eigenvalue weighted by molar-refractivity contribution is 8.01. The van der Waals surface area contributed by atoms with Gasteiger partial charge in [0.15, 0.2) is 0 Å². The summed E-state index contributed by atoms with van der Waals surface area (Å²) in [4.78, 5) is 13.2. The van der Waals surface area contributed by atoms with Gasteiger partial charge in [-0.05, 0) is 31.0 Å². The Hall–Kier alpha value is -1.03. The molecule has 2 nitrogen and oxygen atoms in total. The highest BCUT2D eigenvalue weighted by Gasteiger charge is 2.43. The molecule has 1 aliphatic carbocycles. The Morgan fingerprint density at radius 3 is 2.76 bits per heavy atom. The van der Waals surface area contributed by atoms with Gasteiger partial charge in [0.1, 0.15) is 5.82 Å². The third-order valence-electron chi connectivity index (χ3n) is 3.57. The second-order valence-corrected chi connectivity index (χ2v) is 6.18. The number of carbonyl (C=O) groups is 1. The Balaban J connectivity index is 1.97. The van der Waals surface area contributed by atoms with Gasteiger partial charge in [-0.15, -0.1) is 11.8 Å². The van der Waals surface area contributed by atoms with E-state index >= 15 is 0 Å². The summed E-state index contributed by atoms with van der Waals surface area (Å²) in [5.74, 6) is -0.246. The summed E-state index contributed by atoms with van der Waals surface area (Å²) in [6.45, 7) is 0. The van der Waals surface area contributed by atoms with Crippen molar-refractivity contribution in [2.24, 2.45) is 0 Å². The van der Waals surface area contributed by atoms with Crippen molar-refractivity contribution in [1.29, 1.82) is 0 Å². The topological polar surface area (TPSA) is 29.1 Å². The van der Waals surface area contributed by atoms with Crippen LogP contribution in [0.1, 0.15) is 32.1 Å². The summed E-state index contributed by atoms with van der Waals surface area (Å²) in [7, 11) is 0. The number of rotatable bonds is 0. The molecule has 0 aromatic heterocycles. The molecule has 0 saturated heterocycles. The van der Waals surface area contributed by atoms with Crippen molar-refractivity contribution < 1.29 is 9.18 Å². The van der Waals surface area contributed by atoms with Gasteiger partial charge in [0.25, 0.3) is 0 Å². The third-order valence-corrected chi connectivity index (χ3v) is 5.13. The molecule has 0 bridgehead atoms. The standard InChI is InChI=1S/C13H14FNOS/c14-9-4-5-11-10(8-9)15-12(16)13(17-11)6-2-1-3-7-13/h4-5,8H,1-3,6-7H2,(H,15,16). The highest BCUT2D eigenvalue weighted by atomic mass is 32.2. The molecule has 1 heterocycles. The molecule has 1 spiro atoms. The first kappa shape index (κ1) is 11.1.